The van der Waals surface area contributed by atoms with E-state index in [1.807, 2.05) is 24.3 Å². The van der Waals surface area contributed by atoms with Gasteiger partial charge in [-0.05, 0) is 23.5 Å². The minimum absolute atomic E-state index is 0.271. The number of carboxylic acids is 1. The van der Waals surface area contributed by atoms with Crippen molar-refractivity contribution in [3.63, 3.8) is 0 Å². The van der Waals surface area contributed by atoms with Gasteiger partial charge in [0.05, 0.1) is 5.92 Å². The van der Waals surface area contributed by atoms with Crippen LogP contribution in [0, 0.1) is 11.3 Å². The standard InChI is InChI=1S/C16H21NO4/c1-16(2,3)13(15(19)20)17-14(18)11-8-10-6-4-5-7-12(10)21-9-11/h4-7,11,13H,8-9H2,1-3H3,(H,17,18)(H,19,20)/t11?,13-/m0/s1. The van der Waals surface area contributed by atoms with E-state index in [1.165, 1.54) is 0 Å². The number of benzene rings is 1. The predicted octanol–water partition coefficient (Wildman–Crippen LogP) is 1.85. The molecule has 1 unspecified atom stereocenters. The summed E-state index contributed by atoms with van der Waals surface area (Å²) < 4.78 is 5.58. The molecule has 1 aromatic carbocycles. The molecule has 2 N–H and O–H groups in total. The zero-order chi connectivity index (χ0) is 15.6. The lowest BCUT2D eigenvalue weighted by Crippen LogP contribution is -2.52. The van der Waals surface area contributed by atoms with Crippen LogP contribution in [0.15, 0.2) is 24.3 Å². The fraction of sp³-hybridized carbons (Fsp3) is 0.500. The van der Waals surface area contributed by atoms with E-state index < -0.39 is 17.4 Å². The Kier molecular flexibility index (Phi) is 4.21. The number of para-hydroxylation sites is 1. The number of carbonyl (C=O) groups is 2. The topological polar surface area (TPSA) is 75.6 Å². The summed E-state index contributed by atoms with van der Waals surface area (Å²) in [5, 5.41) is 11.9. The van der Waals surface area contributed by atoms with Crippen LogP contribution in [0.4, 0.5) is 0 Å². The first kappa shape index (κ1) is 15.4. The molecule has 1 amide bonds. The summed E-state index contributed by atoms with van der Waals surface area (Å²) in [6.07, 6.45) is 0.568. The molecule has 0 saturated carbocycles. The van der Waals surface area contributed by atoms with Gasteiger partial charge in [-0.1, -0.05) is 39.0 Å². The van der Waals surface area contributed by atoms with Gasteiger partial charge in [0.2, 0.25) is 5.91 Å². The Morgan fingerprint density at radius 3 is 2.62 bits per heavy atom. The third kappa shape index (κ3) is 3.54. The summed E-state index contributed by atoms with van der Waals surface area (Å²) in [6.45, 7) is 5.65. The normalized spacial score (nSPS) is 19.1. The Bertz CT molecular complexity index is 547. The van der Waals surface area contributed by atoms with Gasteiger partial charge in [0.25, 0.3) is 0 Å². The summed E-state index contributed by atoms with van der Waals surface area (Å²) in [5.41, 5.74) is 0.432. The van der Waals surface area contributed by atoms with Crippen LogP contribution < -0.4 is 10.1 Å². The van der Waals surface area contributed by atoms with Gasteiger partial charge in [0, 0.05) is 0 Å². The second-order valence-electron chi connectivity index (χ2n) is 6.47. The number of carbonyl (C=O) groups excluding carboxylic acids is 1. The van der Waals surface area contributed by atoms with Crippen LogP contribution >= 0.6 is 0 Å². The molecule has 1 aromatic rings. The Hall–Kier alpha value is -2.04. The number of hydrogen-bond donors (Lipinski definition) is 2. The number of ether oxygens (including phenoxy) is 1. The molecule has 2 rings (SSSR count). The van der Waals surface area contributed by atoms with E-state index in [2.05, 4.69) is 5.32 Å². The maximum absolute atomic E-state index is 12.3. The van der Waals surface area contributed by atoms with Crippen LogP contribution in [-0.2, 0) is 16.0 Å². The van der Waals surface area contributed by atoms with Gasteiger partial charge in [-0.15, -0.1) is 0 Å². The minimum Gasteiger partial charge on any atom is -0.492 e. The molecule has 0 aromatic heterocycles. The van der Waals surface area contributed by atoms with E-state index in [0.717, 1.165) is 11.3 Å². The SMILES string of the molecule is CC(C)(C)[C@@H](NC(=O)C1COc2ccccc2C1)C(=O)O. The molecule has 1 aliphatic heterocycles. The van der Waals surface area contributed by atoms with Gasteiger partial charge in [-0.25, -0.2) is 4.79 Å². The van der Waals surface area contributed by atoms with Crippen LogP contribution in [0.1, 0.15) is 26.3 Å². The van der Waals surface area contributed by atoms with E-state index in [9.17, 15) is 14.7 Å². The molecule has 0 saturated heterocycles. The van der Waals surface area contributed by atoms with Crippen LogP contribution in [0.25, 0.3) is 0 Å². The maximum Gasteiger partial charge on any atom is 0.326 e. The third-order valence-electron chi connectivity index (χ3n) is 3.65. The number of nitrogens with one attached hydrogen (secondary N) is 1. The number of fused-ring (bicyclic) bond motifs is 1. The Morgan fingerprint density at radius 2 is 2.00 bits per heavy atom. The van der Waals surface area contributed by atoms with Crippen molar-refractivity contribution in [3.05, 3.63) is 29.8 Å². The number of hydrogen-bond acceptors (Lipinski definition) is 3. The Labute approximate surface area is 124 Å². The molecule has 0 fully saturated rings. The smallest absolute Gasteiger partial charge is 0.326 e. The van der Waals surface area contributed by atoms with Gasteiger partial charge in [0.15, 0.2) is 0 Å². The molecule has 5 nitrogen and oxygen atoms in total. The van der Waals surface area contributed by atoms with E-state index in [0.29, 0.717) is 6.42 Å². The number of rotatable bonds is 3. The van der Waals surface area contributed by atoms with E-state index >= 15 is 0 Å². The largest absolute Gasteiger partial charge is 0.492 e. The van der Waals surface area contributed by atoms with E-state index in [1.54, 1.807) is 20.8 Å². The average Bonchev–Trinajstić information content (AvgIpc) is 2.42. The summed E-state index contributed by atoms with van der Waals surface area (Å²) in [7, 11) is 0. The Morgan fingerprint density at radius 1 is 1.33 bits per heavy atom. The molecule has 2 atom stereocenters. The zero-order valence-electron chi connectivity index (χ0n) is 12.6. The highest BCUT2D eigenvalue weighted by Gasteiger charge is 2.35. The molecule has 114 valence electrons. The summed E-state index contributed by atoms with van der Waals surface area (Å²) >= 11 is 0. The fourth-order valence-electron chi connectivity index (χ4n) is 2.41. The quantitative estimate of drug-likeness (QED) is 0.891. The Balaban J connectivity index is 2.06. The molecule has 21 heavy (non-hydrogen) atoms. The molecule has 1 heterocycles. The first-order chi connectivity index (χ1) is 9.79. The first-order valence-electron chi connectivity index (χ1n) is 7.03. The molecule has 5 heteroatoms. The van der Waals surface area contributed by atoms with Crippen molar-refractivity contribution in [1.29, 1.82) is 0 Å². The molecular weight excluding hydrogens is 270 g/mol. The predicted molar refractivity (Wildman–Crippen MR) is 78.2 cm³/mol. The molecule has 0 spiro atoms. The van der Waals surface area contributed by atoms with Gasteiger partial charge in [-0.2, -0.15) is 0 Å². The van der Waals surface area contributed by atoms with Crippen molar-refractivity contribution < 1.29 is 19.4 Å². The maximum atomic E-state index is 12.3. The number of carboxylic acid groups (broad SMARTS) is 1. The summed E-state index contributed by atoms with van der Waals surface area (Å²) in [5.74, 6) is -0.851. The second kappa shape index (κ2) is 5.76. The van der Waals surface area contributed by atoms with Crippen molar-refractivity contribution in [3.8, 4) is 5.75 Å². The highest BCUT2D eigenvalue weighted by atomic mass is 16.5. The van der Waals surface area contributed by atoms with Crippen LogP contribution in [0.5, 0.6) is 5.75 Å². The van der Waals surface area contributed by atoms with Gasteiger partial charge >= 0.3 is 5.97 Å². The lowest BCUT2D eigenvalue weighted by molar-refractivity contribution is -0.145. The molecule has 0 aliphatic carbocycles. The van der Waals surface area contributed by atoms with E-state index in [-0.39, 0.29) is 18.4 Å². The van der Waals surface area contributed by atoms with Crippen molar-refractivity contribution in [1.82, 2.24) is 5.32 Å². The summed E-state index contributed by atoms with van der Waals surface area (Å²) in [4.78, 5) is 23.6. The highest BCUT2D eigenvalue weighted by Crippen LogP contribution is 2.27. The highest BCUT2D eigenvalue weighted by molar-refractivity contribution is 5.86. The zero-order valence-corrected chi connectivity index (χ0v) is 12.6. The second-order valence-corrected chi connectivity index (χ2v) is 6.47. The lowest BCUT2D eigenvalue weighted by Gasteiger charge is -2.31. The fourth-order valence-corrected chi connectivity index (χ4v) is 2.41. The van der Waals surface area contributed by atoms with Gasteiger partial charge < -0.3 is 15.2 Å². The minimum atomic E-state index is -1.02. The van der Waals surface area contributed by atoms with Crippen molar-refractivity contribution in [2.45, 2.75) is 33.2 Å². The van der Waals surface area contributed by atoms with Gasteiger partial charge in [-0.3, -0.25) is 4.79 Å². The number of aliphatic carboxylic acids is 1. The molecule has 0 bridgehead atoms. The van der Waals surface area contributed by atoms with Crippen LogP contribution in [0.2, 0.25) is 0 Å². The molecule has 0 radical (unpaired) electrons. The van der Waals surface area contributed by atoms with Crippen molar-refractivity contribution in [2.24, 2.45) is 11.3 Å². The van der Waals surface area contributed by atoms with Crippen molar-refractivity contribution >= 4 is 11.9 Å². The third-order valence-corrected chi connectivity index (χ3v) is 3.65. The van der Waals surface area contributed by atoms with E-state index in [4.69, 9.17) is 4.74 Å². The molecular formula is C16H21NO4. The molecule has 1 aliphatic rings. The monoisotopic (exact) mass is 291 g/mol. The number of amides is 1. The first-order valence-corrected chi connectivity index (χ1v) is 7.03. The summed E-state index contributed by atoms with van der Waals surface area (Å²) in [6, 6.07) is 6.67. The lowest BCUT2D eigenvalue weighted by atomic mass is 9.86. The van der Waals surface area contributed by atoms with Crippen LogP contribution in [-0.4, -0.2) is 29.6 Å². The van der Waals surface area contributed by atoms with Crippen LogP contribution in [0.3, 0.4) is 0 Å². The average molecular weight is 291 g/mol. The van der Waals surface area contributed by atoms with Crippen molar-refractivity contribution in [2.75, 3.05) is 6.61 Å². The van der Waals surface area contributed by atoms with Gasteiger partial charge in [0.1, 0.15) is 18.4 Å².